The summed E-state index contributed by atoms with van der Waals surface area (Å²) in [5.74, 6) is 0.857. The fourth-order valence-electron chi connectivity index (χ4n) is 2.25. The predicted molar refractivity (Wildman–Crippen MR) is 71.0 cm³/mol. The molecule has 3 heteroatoms. The highest BCUT2D eigenvalue weighted by Gasteiger charge is 2.27. The molecule has 1 rings (SSSR count). The molecule has 0 aromatic rings. The molecule has 1 saturated carbocycles. The zero-order valence-electron chi connectivity index (χ0n) is 11.1. The molecule has 0 saturated heterocycles. The standard InChI is InChI=1S/C15H22O3/c1-3-5-6-14(18-4-2)9-12-7-8-13(11-16)15(17)10-12/h3,9,11-13H,1,4-8,10H2,2H3/b14-9+. The Balaban J connectivity index is 2.59. The van der Waals surface area contributed by atoms with Crippen LogP contribution in [0.5, 0.6) is 0 Å². The van der Waals surface area contributed by atoms with Crippen LogP contribution < -0.4 is 0 Å². The number of Topliss-reactive ketones (excluding diaryl/α,β-unsaturated/α-hetero) is 1. The zero-order valence-corrected chi connectivity index (χ0v) is 11.1. The fourth-order valence-corrected chi connectivity index (χ4v) is 2.25. The summed E-state index contributed by atoms with van der Waals surface area (Å²) in [6.45, 7) is 6.29. The monoisotopic (exact) mass is 250 g/mol. The Morgan fingerprint density at radius 1 is 1.50 bits per heavy atom. The van der Waals surface area contributed by atoms with Crippen molar-refractivity contribution >= 4 is 12.1 Å². The average molecular weight is 250 g/mol. The van der Waals surface area contributed by atoms with E-state index in [0.717, 1.165) is 31.3 Å². The second kappa shape index (κ2) is 7.85. The van der Waals surface area contributed by atoms with Gasteiger partial charge in [-0.05, 0) is 38.2 Å². The third kappa shape index (κ3) is 4.47. The number of allylic oxidation sites excluding steroid dienone is 3. The molecule has 1 aliphatic carbocycles. The minimum atomic E-state index is -0.377. The minimum Gasteiger partial charge on any atom is -0.499 e. The number of carbonyl (C=O) groups is 2. The summed E-state index contributed by atoms with van der Waals surface area (Å²) in [6, 6.07) is 0. The van der Waals surface area contributed by atoms with Crippen LogP contribution in [0.3, 0.4) is 0 Å². The molecule has 1 fully saturated rings. The van der Waals surface area contributed by atoms with Crippen LogP contribution >= 0.6 is 0 Å². The van der Waals surface area contributed by atoms with Gasteiger partial charge in [0.15, 0.2) is 0 Å². The maximum Gasteiger partial charge on any atom is 0.143 e. The number of hydrogen-bond donors (Lipinski definition) is 0. The zero-order chi connectivity index (χ0) is 13.4. The third-order valence-corrected chi connectivity index (χ3v) is 3.24. The van der Waals surface area contributed by atoms with E-state index in [2.05, 4.69) is 12.7 Å². The smallest absolute Gasteiger partial charge is 0.143 e. The molecule has 18 heavy (non-hydrogen) atoms. The molecule has 0 amide bonds. The highest BCUT2D eigenvalue weighted by molar-refractivity contribution is 5.94. The second-order valence-corrected chi connectivity index (χ2v) is 4.64. The second-order valence-electron chi connectivity index (χ2n) is 4.64. The lowest BCUT2D eigenvalue weighted by Crippen LogP contribution is -2.25. The van der Waals surface area contributed by atoms with Gasteiger partial charge in [0.05, 0.1) is 18.3 Å². The van der Waals surface area contributed by atoms with Crippen LogP contribution in [0.1, 0.15) is 39.0 Å². The Hall–Kier alpha value is -1.38. The van der Waals surface area contributed by atoms with Crippen LogP contribution in [0.2, 0.25) is 0 Å². The van der Waals surface area contributed by atoms with Crippen LogP contribution in [-0.2, 0) is 14.3 Å². The predicted octanol–water partition coefficient (Wildman–Crippen LogP) is 3.06. The number of hydrogen-bond acceptors (Lipinski definition) is 3. The van der Waals surface area contributed by atoms with Crippen molar-refractivity contribution in [3.8, 4) is 0 Å². The molecule has 2 atom stereocenters. The molecule has 0 spiro atoms. The van der Waals surface area contributed by atoms with E-state index < -0.39 is 0 Å². The van der Waals surface area contributed by atoms with Crippen LogP contribution in [-0.4, -0.2) is 18.7 Å². The third-order valence-electron chi connectivity index (χ3n) is 3.24. The van der Waals surface area contributed by atoms with Crippen molar-refractivity contribution in [3.63, 3.8) is 0 Å². The van der Waals surface area contributed by atoms with Crippen molar-refractivity contribution in [1.29, 1.82) is 0 Å². The van der Waals surface area contributed by atoms with E-state index in [1.807, 2.05) is 13.0 Å². The van der Waals surface area contributed by atoms with E-state index in [9.17, 15) is 9.59 Å². The minimum absolute atomic E-state index is 0.0667. The summed E-state index contributed by atoms with van der Waals surface area (Å²) in [5, 5.41) is 0. The number of carbonyl (C=O) groups excluding carboxylic acids is 2. The van der Waals surface area contributed by atoms with E-state index >= 15 is 0 Å². The van der Waals surface area contributed by atoms with E-state index in [1.54, 1.807) is 0 Å². The molecule has 0 N–H and O–H groups in total. The highest BCUT2D eigenvalue weighted by atomic mass is 16.5. The van der Waals surface area contributed by atoms with Gasteiger partial charge in [-0.1, -0.05) is 6.08 Å². The first kappa shape index (κ1) is 14.7. The summed E-state index contributed by atoms with van der Waals surface area (Å²) < 4.78 is 5.57. The molecule has 100 valence electrons. The number of aldehydes is 1. The van der Waals surface area contributed by atoms with Crippen molar-refractivity contribution in [2.24, 2.45) is 11.8 Å². The van der Waals surface area contributed by atoms with Gasteiger partial charge < -0.3 is 9.53 Å². The lowest BCUT2D eigenvalue weighted by molar-refractivity contribution is -0.129. The summed E-state index contributed by atoms with van der Waals surface area (Å²) in [5.41, 5.74) is 0. The van der Waals surface area contributed by atoms with Crippen LogP contribution in [0.4, 0.5) is 0 Å². The van der Waals surface area contributed by atoms with E-state index in [1.165, 1.54) is 0 Å². The van der Waals surface area contributed by atoms with Crippen LogP contribution in [0.15, 0.2) is 24.5 Å². The normalized spacial score (nSPS) is 24.7. The molecule has 0 bridgehead atoms. The van der Waals surface area contributed by atoms with Gasteiger partial charge in [0, 0.05) is 12.8 Å². The Bertz CT molecular complexity index is 331. The topological polar surface area (TPSA) is 43.4 Å². The first-order valence-electron chi connectivity index (χ1n) is 6.63. The molecule has 0 aliphatic heterocycles. The summed E-state index contributed by atoms with van der Waals surface area (Å²) in [6.07, 6.45) is 8.44. The van der Waals surface area contributed by atoms with Gasteiger partial charge in [-0.2, -0.15) is 0 Å². The summed E-state index contributed by atoms with van der Waals surface area (Å²) >= 11 is 0. The molecular formula is C15H22O3. The maximum atomic E-state index is 11.7. The fraction of sp³-hybridized carbons (Fsp3) is 0.600. The van der Waals surface area contributed by atoms with Crippen molar-refractivity contribution < 1.29 is 14.3 Å². The number of ketones is 1. The van der Waals surface area contributed by atoms with Crippen LogP contribution in [0, 0.1) is 11.8 Å². The molecule has 0 aromatic carbocycles. The largest absolute Gasteiger partial charge is 0.499 e. The average Bonchev–Trinajstić information content (AvgIpc) is 2.36. The molecule has 0 aromatic heterocycles. The van der Waals surface area contributed by atoms with Gasteiger partial charge >= 0.3 is 0 Å². The summed E-state index contributed by atoms with van der Waals surface area (Å²) in [7, 11) is 0. The van der Waals surface area contributed by atoms with Crippen molar-refractivity contribution in [3.05, 3.63) is 24.5 Å². The number of ether oxygens (including phenoxy) is 1. The van der Waals surface area contributed by atoms with E-state index in [0.29, 0.717) is 19.4 Å². The quantitative estimate of drug-likeness (QED) is 0.302. The Morgan fingerprint density at radius 3 is 2.83 bits per heavy atom. The molecule has 1 aliphatic rings. The van der Waals surface area contributed by atoms with Crippen molar-refractivity contribution in [2.45, 2.75) is 39.0 Å². The van der Waals surface area contributed by atoms with Crippen molar-refractivity contribution in [1.82, 2.24) is 0 Å². The summed E-state index contributed by atoms with van der Waals surface area (Å²) in [4.78, 5) is 22.3. The molecular weight excluding hydrogens is 228 g/mol. The highest BCUT2D eigenvalue weighted by Crippen LogP contribution is 2.27. The van der Waals surface area contributed by atoms with Gasteiger partial charge in [0.2, 0.25) is 0 Å². The van der Waals surface area contributed by atoms with Gasteiger partial charge in [0.1, 0.15) is 12.1 Å². The van der Waals surface area contributed by atoms with Gasteiger partial charge in [-0.25, -0.2) is 0 Å². The van der Waals surface area contributed by atoms with E-state index in [-0.39, 0.29) is 17.6 Å². The molecule has 3 nitrogen and oxygen atoms in total. The SMILES string of the molecule is C=CCC/C(=C\C1CCC(C=O)C(=O)C1)OCC. The Morgan fingerprint density at radius 2 is 2.28 bits per heavy atom. The lowest BCUT2D eigenvalue weighted by atomic mass is 9.81. The molecule has 0 radical (unpaired) electrons. The Labute approximate surface area is 109 Å². The first-order chi connectivity index (χ1) is 8.71. The van der Waals surface area contributed by atoms with Gasteiger partial charge in [-0.15, -0.1) is 6.58 Å². The van der Waals surface area contributed by atoms with Gasteiger partial charge in [-0.3, -0.25) is 4.79 Å². The number of rotatable bonds is 7. The Kier molecular flexibility index (Phi) is 6.40. The van der Waals surface area contributed by atoms with Crippen molar-refractivity contribution in [2.75, 3.05) is 6.61 Å². The lowest BCUT2D eigenvalue weighted by Gasteiger charge is -2.22. The maximum absolute atomic E-state index is 11.7. The van der Waals surface area contributed by atoms with E-state index in [4.69, 9.17) is 4.74 Å². The molecule has 2 unspecified atom stereocenters. The van der Waals surface area contributed by atoms with Gasteiger partial charge in [0.25, 0.3) is 0 Å². The van der Waals surface area contributed by atoms with Crippen LogP contribution in [0.25, 0.3) is 0 Å². The first-order valence-corrected chi connectivity index (χ1v) is 6.63. The molecule has 0 heterocycles.